The molecule has 2 fully saturated rings. The second-order valence-corrected chi connectivity index (χ2v) is 7.36. The van der Waals surface area contributed by atoms with E-state index in [1.807, 2.05) is 0 Å². The highest BCUT2D eigenvalue weighted by Gasteiger charge is 2.41. The summed E-state index contributed by atoms with van der Waals surface area (Å²) in [6.07, 6.45) is 8.28. The third kappa shape index (κ3) is 3.75. The second-order valence-electron chi connectivity index (χ2n) is 7.36. The molecular weight excluding hydrogens is 248 g/mol. The van der Waals surface area contributed by atoms with Crippen LogP contribution < -0.4 is 5.32 Å². The maximum absolute atomic E-state index is 13.0. The fourth-order valence-corrected chi connectivity index (χ4v) is 3.82. The molecule has 1 saturated heterocycles. The summed E-state index contributed by atoms with van der Waals surface area (Å²) in [5.74, 6) is 0.676. The Morgan fingerprint density at radius 2 is 2.10 bits per heavy atom. The van der Waals surface area contributed by atoms with E-state index in [1.165, 1.54) is 25.7 Å². The average molecular weight is 280 g/mol. The van der Waals surface area contributed by atoms with Gasteiger partial charge in [0.15, 0.2) is 0 Å². The predicted octanol–water partition coefficient (Wildman–Crippen LogP) is 3.19. The monoisotopic (exact) mass is 280 g/mol. The lowest BCUT2D eigenvalue weighted by molar-refractivity contribution is -0.138. The van der Waals surface area contributed by atoms with Crippen LogP contribution in [0.5, 0.6) is 0 Å². The van der Waals surface area contributed by atoms with E-state index >= 15 is 0 Å². The maximum atomic E-state index is 13.0. The Bertz CT molecular complexity index is 321. The van der Waals surface area contributed by atoms with Crippen LogP contribution >= 0.6 is 0 Å². The van der Waals surface area contributed by atoms with Crippen LogP contribution in [-0.4, -0.2) is 36.5 Å². The van der Waals surface area contributed by atoms with Gasteiger partial charge in [0, 0.05) is 25.0 Å². The van der Waals surface area contributed by atoms with E-state index in [4.69, 9.17) is 0 Å². The Labute approximate surface area is 124 Å². The normalized spacial score (nSPS) is 28.8. The van der Waals surface area contributed by atoms with Gasteiger partial charge in [-0.1, -0.05) is 33.6 Å². The molecule has 2 rings (SSSR count). The summed E-state index contributed by atoms with van der Waals surface area (Å²) < 4.78 is 0. The van der Waals surface area contributed by atoms with E-state index in [2.05, 4.69) is 31.0 Å². The number of unbranched alkanes of at least 4 members (excludes halogenated alkanes) is 1. The van der Waals surface area contributed by atoms with Gasteiger partial charge in [0.05, 0.1) is 0 Å². The van der Waals surface area contributed by atoms with E-state index < -0.39 is 0 Å². The summed E-state index contributed by atoms with van der Waals surface area (Å²) in [5, 5.41) is 3.54. The fraction of sp³-hybridized carbons (Fsp3) is 0.941. The van der Waals surface area contributed by atoms with Gasteiger partial charge in [-0.05, 0) is 44.1 Å². The van der Waals surface area contributed by atoms with Gasteiger partial charge >= 0.3 is 0 Å². The molecule has 1 amide bonds. The molecule has 1 heterocycles. The minimum atomic E-state index is 0.199. The molecule has 0 spiro atoms. The highest BCUT2D eigenvalue weighted by molar-refractivity contribution is 5.80. The number of carbonyl (C=O) groups is 1. The van der Waals surface area contributed by atoms with Gasteiger partial charge in [0.1, 0.15) is 0 Å². The summed E-state index contributed by atoms with van der Waals surface area (Å²) in [5.41, 5.74) is 0.199. The lowest BCUT2D eigenvalue weighted by atomic mass is 9.81. The number of carbonyl (C=O) groups excluding carboxylic acids is 1. The van der Waals surface area contributed by atoms with Crippen molar-refractivity contribution in [3.05, 3.63) is 0 Å². The maximum Gasteiger partial charge on any atom is 0.226 e. The van der Waals surface area contributed by atoms with Crippen LogP contribution in [0.2, 0.25) is 0 Å². The molecule has 2 aliphatic rings. The van der Waals surface area contributed by atoms with Crippen molar-refractivity contribution >= 4 is 5.91 Å². The molecule has 1 aliphatic carbocycles. The Balaban J connectivity index is 1.98. The molecule has 0 aromatic heterocycles. The number of hydrogen-bond acceptors (Lipinski definition) is 2. The lowest BCUT2D eigenvalue weighted by Gasteiger charge is -2.33. The number of hydrogen-bond donors (Lipinski definition) is 1. The molecule has 2 atom stereocenters. The predicted molar refractivity (Wildman–Crippen MR) is 83.6 cm³/mol. The zero-order chi connectivity index (χ0) is 14.6. The van der Waals surface area contributed by atoms with E-state index in [1.54, 1.807) is 0 Å². The zero-order valence-corrected chi connectivity index (χ0v) is 13.6. The third-order valence-corrected chi connectivity index (χ3v) is 5.25. The van der Waals surface area contributed by atoms with Crippen molar-refractivity contribution in [3.63, 3.8) is 0 Å². The fourth-order valence-electron chi connectivity index (χ4n) is 3.82. The van der Waals surface area contributed by atoms with Crippen LogP contribution in [0.1, 0.15) is 65.7 Å². The van der Waals surface area contributed by atoms with Crippen LogP contribution in [-0.2, 0) is 4.79 Å². The van der Waals surface area contributed by atoms with Crippen molar-refractivity contribution < 1.29 is 4.79 Å². The van der Waals surface area contributed by atoms with Crippen molar-refractivity contribution in [2.75, 3.05) is 19.6 Å². The van der Waals surface area contributed by atoms with Gasteiger partial charge in [0.2, 0.25) is 5.91 Å². The van der Waals surface area contributed by atoms with Crippen molar-refractivity contribution in [2.45, 2.75) is 71.8 Å². The molecule has 2 unspecified atom stereocenters. The molecule has 20 heavy (non-hydrogen) atoms. The van der Waals surface area contributed by atoms with Crippen molar-refractivity contribution in [1.82, 2.24) is 10.2 Å². The summed E-state index contributed by atoms with van der Waals surface area (Å²) in [6, 6.07) is 0.528. The van der Waals surface area contributed by atoms with Crippen LogP contribution in [0.25, 0.3) is 0 Å². The van der Waals surface area contributed by atoms with Gasteiger partial charge in [0.25, 0.3) is 0 Å². The summed E-state index contributed by atoms with van der Waals surface area (Å²) >= 11 is 0. The van der Waals surface area contributed by atoms with Crippen molar-refractivity contribution in [2.24, 2.45) is 11.3 Å². The van der Waals surface area contributed by atoms with E-state index in [-0.39, 0.29) is 11.3 Å². The van der Waals surface area contributed by atoms with Gasteiger partial charge in [-0.15, -0.1) is 0 Å². The van der Waals surface area contributed by atoms with Crippen LogP contribution in [0.3, 0.4) is 0 Å². The minimum Gasteiger partial charge on any atom is -0.341 e. The number of amides is 1. The number of nitrogens with zero attached hydrogens (tertiary/aromatic N) is 1. The molecule has 3 nitrogen and oxygen atoms in total. The molecule has 0 radical (unpaired) electrons. The summed E-state index contributed by atoms with van der Waals surface area (Å²) in [6.45, 7) is 9.74. The van der Waals surface area contributed by atoms with Crippen LogP contribution in [0.4, 0.5) is 0 Å². The Morgan fingerprint density at radius 1 is 1.30 bits per heavy atom. The van der Waals surface area contributed by atoms with E-state index in [9.17, 15) is 4.79 Å². The molecule has 1 saturated carbocycles. The molecular formula is C17H32N2O. The lowest BCUT2D eigenvalue weighted by Crippen LogP contribution is -2.46. The van der Waals surface area contributed by atoms with Gasteiger partial charge in [-0.25, -0.2) is 0 Å². The third-order valence-electron chi connectivity index (χ3n) is 5.25. The molecule has 0 bridgehead atoms. The highest BCUT2D eigenvalue weighted by Crippen LogP contribution is 2.43. The first-order valence-electron chi connectivity index (χ1n) is 8.57. The first-order chi connectivity index (χ1) is 9.54. The molecule has 0 aromatic rings. The average Bonchev–Trinajstić information content (AvgIpc) is 3.02. The van der Waals surface area contributed by atoms with Gasteiger partial charge < -0.3 is 10.2 Å². The van der Waals surface area contributed by atoms with E-state index in [0.717, 1.165) is 38.9 Å². The smallest absolute Gasteiger partial charge is 0.226 e. The van der Waals surface area contributed by atoms with Crippen LogP contribution in [0, 0.1) is 11.3 Å². The molecule has 3 heteroatoms. The Kier molecular flexibility index (Phi) is 5.48. The minimum absolute atomic E-state index is 0.199. The number of rotatable bonds is 6. The quantitative estimate of drug-likeness (QED) is 0.810. The van der Waals surface area contributed by atoms with Gasteiger partial charge in [-0.3, -0.25) is 4.79 Å². The highest BCUT2D eigenvalue weighted by atomic mass is 16.2. The first kappa shape index (κ1) is 15.8. The number of nitrogens with one attached hydrogen (secondary N) is 1. The largest absolute Gasteiger partial charge is 0.341 e. The van der Waals surface area contributed by atoms with Crippen molar-refractivity contribution in [3.8, 4) is 0 Å². The van der Waals surface area contributed by atoms with Gasteiger partial charge in [-0.2, -0.15) is 0 Å². The molecule has 1 aliphatic heterocycles. The topological polar surface area (TPSA) is 32.3 Å². The molecule has 1 N–H and O–H groups in total. The molecule has 0 aromatic carbocycles. The van der Waals surface area contributed by atoms with E-state index in [0.29, 0.717) is 11.9 Å². The second kappa shape index (κ2) is 6.93. The van der Waals surface area contributed by atoms with Crippen molar-refractivity contribution in [1.29, 1.82) is 0 Å². The Morgan fingerprint density at radius 3 is 2.65 bits per heavy atom. The zero-order valence-electron chi connectivity index (χ0n) is 13.6. The standard InChI is InChI=1S/C17H32N2O/c1-4-5-12-19(13-14-8-7-11-18-14)16(20)15-9-6-10-17(15,2)3/h14-15,18H,4-13H2,1-3H3. The SMILES string of the molecule is CCCCN(CC1CCCN1)C(=O)C1CCCC1(C)C. The molecule has 116 valence electrons. The summed E-state index contributed by atoms with van der Waals surface area (Å²) in [4.78, 5) is 15.1. The first-order valence-corrected chi connectivity index (χ1v) is 8.57. The van der Waals surface area contributed by atoms with Crippen LogP contribution in [0.15, 0.2) is 0 Å². The Hall–Kier alpha value is -0.570. The summed E-state index contributed by atoms with van der Waals surface area (Å²) in [7, 11) is 0.